The Bertz CT molecular complexity index is 1130. The summed E-state index contributed by atoms with van der Waals surface area (Å²) in [6.07, 6.45) is -8.72. The van der Waals surface area contributed by atoms with Gasteiger partial charge in [-0.3, -0.25) is 0 Å². The number of alkyl halides is 6. The average molecular weight is 398 g/mol. The average Bonchev–Trinajstić information content (AvgIpc) is 3.26. The SMILES string of the molecule is FC(F)(F)c1cc(-c2cn(-c3noc4ccccc34)nn2)cc(C(F)(F)F)c1. The molecule has 0 aliphatic carbocycles. The predicted molar refractivity (Wildman–Crippen MR) is 84.4 cm³/mol. The van der Waals surface area contributed by atoms with Crippen molar-refractivity contribution in [2.75, 3.05) is 0 Å². The molecule has 5 nitrogen and oxygen atoms in total. The van der Waals surface area contributed by atoms with Crippen LogP contribution < -0.4 is 0 Å². The highest BCUT2D eigenvalue weighted by molar-refractivity contribution is 5.83. The summed E-state index contributed by atoms with van der Waals surface area (Å²) in [5, 5.41) is 11.8. The number of hydrogen-bond acceptors (Lipinski definition) is 4. The van der Waals surface area contributed by atoms with Gasteiger partial charge in [-0.2, -0.15) is 31.0 Å². The van der Waals surface area contributed by atoms with Crippen LogP contribution in [0.2, 0.25) is 0 Å². The van der Waals surface area contributed by atoms with Gasteiger partial charge in [-0.25, -0.2) is 0 Å². The van der Waals surface area contributed by atoms with Crippen LogP contribution in [0.4, 0.5) is 26.3 Å². The number of hydrogen-bond donors (Lipinski definition) is 0. The van der Waals surface area contributed by atoms with E-state index in [4.69, 9.17) is 4.52 Å². The van der Waals surface area contributed by atoms with Crippen LogP contribution in [0.5, 0.6) is 0 Å². The fourth-order valence-corrected chi connectivity index (χ4v) is 2.64. The summed E-state index contributed by atoms with van der Waals surface area (Å²) in [5.41, 5.74) is -2.98. The van der Waals surface area contributed by atoms with E-state index in [-0.39, 0.29) is 23.1 Å². The van der Waals surface area contributed by atoms with E-state index in [1.807, 2.05) is 0 Å². The second-order valence-corrected chi connectivity index (χ2v) is 5.85. The molecular weight excluding hydrogens is 390 g/mol. The van der Waals surface area contributed by atoms with Crippen LogP contribution in [-0.2, 0) is 12.4 Å². The van der Waals surface area contributed by atoms with Crippen molar-refractivity contribution in [2.24, 2.45) is 0 Å². The maximum absolute atomic E-state index is 13.0. The van der Waals surface area contributed by atoms with Gasteiger partial charge in [0.2, 0.25) is 5.82 Å². The highest BCUT2D eigenvalue weighted by Crippen LogP contribution is 2.38. The zero-order valence-electron chi connectivity index (χ0n) is 13.6. The molecule has 0 fully saturated rings. The van der Waals surface area contributed by atoms with Crippen molar-refractivity contribution in [3.05, 3.63) is 59.8 Å². The molecule has 4 rings (SSSR count). The molecule has 0 unspecified atom stereocenters. The standard InChI is InChI=1S/C17H8F6N4O/c18-16(19,20)10-5-9(6-11(7-10)17(21,22)23)13-8-27(26-24-13)15-12-3-1-2-4-14(12)28-25-15/h1-8H. The zero-order chi connectivity index (χ0) is 20.1. The minimum atomic E-state index is -4.95. The van der Waals surface area contributed by atoms with Crippen LogP contribution in [0.25, 0.3) is 28.0 Å². The third-order valence-electron chi connectivity index (χ3n) is 3.95. The number of rotatable bonds is 2. The van der Waals surface area contributed by atoms with Gasteiger partial charge in [-0.05, 0) is 30.3 Å². The normalized spacial score (nSPS) is 12.6. The van der Waals surface area contributed by atoms with E-state index in [1.54, 1.807) is 24.3 Å². The lowest BCUT2D eigenvalue weighted by molar-refractivity contribution is -0.143. The first kappa shape index (κ1) is 18.0. The summed E-state index contributed by atoms with van der Waals surface area (Å²) < 4.78 is 84.4. The first-order valence-electron chi connectivity index (χ1n) is 7.70. The molecule has 0 N–H and O–H groups in total. The Labute approximate surface area is 152 Å². The van der Waals surface area contributed by atoms with Gasteiger partial charge in [0.25, 0.3) is 0 Å². The van der Waals surface area contributed by atoms with Crippen molar-refractivity contribution in [3.63, 3.8) is 0 Å². The molecular formula is C17H8F6N4O. The quantitative estimate of drug-likeness (QED) is 0.440. The third kappa shape index (κ3) is 3.19. The maximum Gasteiger partial charge on any atom is 0.416 e. The van der Waals surface area contributed by atoms with Crippen LogP contribution >= 0.6 is 0 Å². The van der Waals surface area contributed by atoms with E-state index in [1.165, 1.54) is 6.20 Å². The number of benzene rings is 2. The molecule has 0 aliphatic heterocycles. The van der Waals surface area contributed by atoms with Crippen LogP contribution in [0, 0.1) is 0 Å². The van der Waals surface area contributed by atoms with Crippen molar-refractivity contribution in [3.8, 4) is 17.1 Å². The Morgan fingerprint density at radius 2 is 1.50 bits per heavy atom. The number of nitrogens with zero attached hydrogens (tertiary/aromatic N) is 4. The molecule has 0 bridgehead atoms. The van der Waals surface area contributed by atoms with E-state index in [2.05, 4.69) is 15.5 Å². The van der Waals surface area contributed by atoms with E-state index < -0.39 is 23.5 Å². The van der Waals surface area contributed by atoms with Gasteiger partial charge >= 0.3 is 12.4 Å². The summed E-state index contributed by atoms with van der Waals surface area (Å²) in [4.78, 5) is 0. The second-order valence-electron chi connectivity index (χ2n) is 5.85. The van der Waals surface area contributed by atoms with Crippen LogP contribution in [0.3, 0.4) is 0 Å². The number of fused-ring (bicyclic) bond motifs is 1. The van der Waals surface area contributed by atoms with E-state index >= 15 is 0 Å². The fraction of sp³-hybridized carbons (Fsp3) is 0.118. The highest BCUT2D eigenvalue weighted by Gasteiger charge is 2.37. The molecule has 0 radical (unpaired) electrons. The monoisotopic (exact) mass is 398 g/mol. The Morgan fingerprint density at radius 1 is 0.857 bits per heavy atom. The minimum Gasteiger partial charge on any atom is -0.354 e. The van der Waals surface area contributed by atoms with Crippen molar-refractivity contribution in [1.29, 1.82) is 0 Å². The van der Waals surface area contributed by atoms with Crippen molar-refractivity contribution in [1.82, 2.24) is 20.2 Å². The molecule has 0 spiro atoms. The highest BCUT2D eigenvalue weighted by atomic mass is 19.4. The van der Waals surface area contributed by atoms with Gasteiger partial charge in [0, 0.05) is 5.56 Å². The summed E-state index contributed by atoms with van der Waals surface area (Å²) in [6, 6.07) is 7.98. The molecule has 2 heterocycles. The van der Waals surface area contributed by atoms with E-state index in [9.17, 15) is 26.3 Å². The summed E-state index contributed by atoms with van der Waals surface area (Å²) in [6.45, 7) is 0. The molecule has 0 atom stereocenters. The Hall–Kier alpha value is -3.37. The summed E-state index contributed by atoms with van der Waals surface area (Å²) in [5.74, 6) is 0.206. The van der Waals surface area contributed by atoms with Crippen molar-refractivity contribution < 1.29 is 30.9 Å². The first-order valence-corrected chi connectivity index (χ1v) is 7.70. The third-order valence-corrected chi connectivity index (χ3v) is 3.95. The Balaban J connectivity index is 1.82. The molecule has 0 saturated carbocycles. The zero-order valence-corrected chi connectivity index (χ0v) is 13.6. The lowest BCUT2D eigenvalue weighted by Gasteiger charge is -2.13. The lowest BCUT2D eigenvalue weighted by Crippen LogP contribution is -2.11. The fourth-order valence-electron chi connectivity index (χ4n) is 2.64. The van der Waals surface area contributed by atoms with Crippen molar-refractivity contribution >= 4 is 11.0 Å². The van der Waals surface area contributed by atoms with Crippen LogP contribution in [0.1, 0.15) is 11.1 Å². The van der Waals surface area contributed by atoms with Gasteiger partial charge in [0.1, 0.15) is 5.69 Å². The van der Waals surface area contributed by atoms with Crippen LogP contribution in [0.15, 0.2) is 53.2 Å². The van der Waals surface area contributed by atoms with E-state index in [0.29, 0.717) is 23.1 Å². The van der Waals surface area contributed by atoms with Gasteiger partial charge in [-0.1, -0.05) is 22.5 Å². The van der Waals surface area contributed by atoms with Crippen LogP contribution in [-0.4, -0.2) is 20.2 Å². The van der Waals surface area contributed by atoms with E-state index in [0.717, 1.165) is 4.68 Å². The Kier molecular flexibility index (Phi) is 3.91. The molecule has 28 heavy (non-hydrogen) atoms. The predicted octanol–water partition coefficient (Wildman–Crippen LogP) is 5.11. The Morgan fingerprint density at radius 3 is 2.14 bits per heavy atom. The molecule has 11 heteroatoms. The number of aromatic nitrogens is 4. The van der Waals surface area contributed by atoms with Gasteiger partial charge in [0.15, 0.2) is 5.58 Å². The first-order chi connectivity index (χ1) is 13.1. The molecule has 2 aromatic carbocycles. The largest absolute Gasteiger partial charge is 0.416 e. The van der Waals surface area contributed by atoms with Gasteiger partial charge in [-0.15, -0.1) is 5.10 Å². The molecule has 2 aromatic heterocycles. The number of halogens is 6. The minimum absolute atomic E-state index is 0.0546. The topological polar surface area (TPSA) is 56.7 Å². The smallest absolute Gasteiger partial charge is 0.354 e. The summed E-state index contributed by atoms with van der Waals surface area (Å²) >= 11 is 0. The number of para-hydroxylation sites is 1. The molecule has 0 aliphatic rings. The molecule has 144 valence electrons. The summed E-state index contributed by atoms with van der Waals surface area (Å²) in [7, 11) is 0. The van der Waals surface area contributed by atoms with Crippen molar-refractivity contribution in [2.45, 2.75) is 12.4 Å². The molecule has 0 saturated heterocycles. The molecule has 0 amide bonds. The van der Waals surface area contributed by atoms with Gasteiger partial charge < -0.3 is 4.52 Å². The lowest BCUT2D eigenvalue weighted by atomic mass is 10.0. The van der Waals surface area contributed by atoms with Gasteiger partial charge in [0.05, 0.1) is 22.7 Å². The molecule has 4 aromatic rings. The second kappa shape index (κ2) is 6.08. The maximum atomic E-state index is 13.0.